The summed E-state index contributed by atoms with van der Waals surface area (Å²) in [5, 5.41) is 3.70. The summed E-state index contributed by atoms with van der Waals surface area (Å²) >= 11 is 3.42. The molecule has 114 valence electrons. The molecule has 1 fully saturated rings. The number of halogens is 1. The molecule has 0 aromatic carbocycles. The van der Waals surface area contributed by atoms with Crippen molar-refractivity contribution in [2.75, 3.05) is 0 Å². The van der Waals surface area contributed by atoms with E-state index in [4.69, 9.17) is 0 Å². The maximum Gasteiger partial charge on any atom is 0.155 e. The maximum absolute atomic E-state index is 4.40. The van der Waals surface area contributed by atoms with Gasteiger partial charge in [0, 0.05) is 18.8 Å². The number of hydrogen-bond acceptors (Lipinski definition) is 3. The predicted molar refractivity (Wildman–Crippen MR) is 88.2 cm³/mol. The van der Waals surface area contributed by atoms with Crippen LogP contribution in [0.25, 0.3) is 5.65 Å². The van der Waals surface area contributed by atoms with Gasteiger partial charge in [-0.15, -0.1) is 0 Å². The monoisotopic (exact) mass is 350 g/mol. The van der Waals surface area contributed by atoms with Crippen LogP contribution < -0.4 is 5.32 Å². The van der Waals surface area contributed by atoms with Gasteiger partial charge in [0.15, 0.2) is 5.65 Å². The molecule has 0 amide bonds. The van der Waals surface area contributed by atoms with E-state index in [0.29, 0.717) is 6.04 Å². The normalized spacial score (nSPS) is 18.8. The second-order valence-electron chi connectivity index (χ2n) is 6.11. The van der Waals surface area contributed by atoms with Crippen molar-refractivity contribution >= 4 is 21.6 Å². The number of rotatable bonds is 4. The number of hydrogen-bond donors (Lipinski definition) is 1. The largest absolute Gasteiger partial charge is 0.308 e. The highest BCUT2D eigenvalue weighted by Crippen LogP contribution is 2.25. The number of aromatic nitrogens is 3. The maximum atomic E-state index is 4.40. The minimum Gasteiger partial charge on any atom is -0.308 e. The Kier molecular flexibility index (Phi) is 4.91. The Morgan fingerprint density at radius 1 is 1.24 bits per heavy atom. The minimum atomic E-state index is 0.568. The van der Waals surface area contributed by atoms with Gasteiger partial charge in [-0.25, -0.2) is 9.97 Å². The zero-order valence-electron chi connectivity index (χ0n) is 12.6. The molecule has 5 heteroatoms. The first-order valence-electron chi connectivity index (χ1n) is 7.95. The van der Waals surface area contributed by atoms with Gasteiger partial charge in [-0.1, -0.05) is 25.7 Å². The Labute approximate surface area is 134 Å². The van der Waals surface area contributed by atoms with Crippen LogP contribution in [0, 0.1) is 5.92 Å². The summed E-state index contributed by atoms with van der Waals surface area (Å²) in [4.78, 5) is 8.62. The van der Waals surface area contributed by atoms with Crippen molar-refractivity contribution in [3.05, 3.63) is 28.9 Å². The molecular formula is C16H23BrN4. The Balaban J connectivity index is 1.64. The van der Waals surface area contributed by atoms with Gasteiger partial charge in [0.1, 0.15) is 4.60 Å². The van der Waals surface area contributed by atoms with E-state index in [9.17, 15) is 0 Å². The van der Waals surface area contributed by atoms with Gasteiger partial charge >= 0.3 is 0 Å². The van der Waals surface area contributed by atoms with Crippen molar-refractivity contribution in [3.8, 4) is 0 Å². The molecule has 0 saturated heterocycles. The van der Waals surface area contributed by atoms with E-state index >= 15 is 0 Å². The van der Waals surface area contributed by atoms with Crippen molar-refractivity contribution in [3.63, 3.8) is 0 Å². The van der Waals surface area contributed by atoms with Crippen LogP contribution in [-0.4, -0.2) is 20.4 Å². The lowest BCUT2D eigenvalue weighted by Crippen LogP contribution is -2.33. The van der Waals surface area contributed by atoms with Crippen molar-refractivity contribution in [2.24, 2.45) is 5.92 Å². The molecule has 2 heterocycles. The number of imidazole rings is 1. The summed E-state index contributed by atoms with van der Waals surface area (Å²) < 4.78 is 2.94. The van der Waals surface area contributed by atoms with Crippen molar-refractivity contribution in [1.82, 2.24) is 19.7 Å². The summed E-state index contributed by atoms with van der Waals surface area (Å²) in [6.07, 6.45) is 14.1. The number of nitrogens with one attached hydrogen (secondary N) is 1. The van der Waals surface area contributed by atoms with Crippen molar-refractivity contribution in [1.29, 1.82) is 0 Å². The summed E-state index contributed by atoms with van der Waals surface area (Å²) in [6.45, 7) is 3.19. The van der Waals surface area contributed by atoms with Crippen LogP contribution in [0.5, 0.6) is 0 Å². The third-order valence-electron chi connectivity index (χ3n) is 4.65. The van der Waals surface area contributed by atoms with Gasteiger partial charge in [0.05, 0.1) is 18.1 Å². The molecule has 0 aliphatic heterocycles. The van der Waals surface area contributed by atoms with Gasteiger partial charge in [-0.3, -0.25) is 4.40 Å². The quantitative estimate of drug-likeness (QED) is 0.849. The topological polar surface area (TPSA) is 42.2 Å². The molecule has 4 nitrogen and oxygen atoms in total. The molecule has 0 unspecified atom stereocenters. The van der Waals surface area contributed by atoms with Gasteiger partial charge in [0.2, 0.25) is 0 Å². The average Bonchev–Trinajstić information content (AvgIpc) is 2.71. The first-order chi connectivity index (χ1) is 10.2. The molecule has 1 saturated carbocycles. The highest BCUT2D eigenvalue weighted by atomic mass is 79.9. The molecule has 2 aromatic rings. The van der Waals surface area contributed by atoms with Crippen LogP contribution in [-0.2, 0) is 6.54 Å². The molecule has 0 spiro atoms. The fourth-order valence-corrected chi connectivity index (χ4v) is 3.60. The highest BCUT2D eigenvalue weighted by molar-refractivity contribution is 9.10. The van der Waals surface area contributed by atoms with Crippen LogP contribution in [0.3, 0.4) is 0 Å². The van der Waals surface area contributed by atoms with Crippen LogP contribution in [0.4, 0.5) is 0 Å². The van der Waals surface area contributed by atoms with Crippen LogP contribution in [0.2, 0.25) is 0 Å². The molecule has 2 aromatic heterocycles. The van der Waals surface area contributed by atoms with Gasteiger partial charge in [-0.05, 0) is 41.6 Å². The van der Waals surface area contributed by atoms with E-state index in [1.54, 1.807) is 6.20 Å². The number of fused-ring (bicyclic) bond motifs is 1. The Hall–Kier alpha value is -0.940. The van der Waals surface area contributed by atoms with E-state index in [1.165, 1.54) is 44.2 Å². The molecule has 0 bridgehead atoms. The molecule has 1 N–H and O–H groups in total. The smallest absolute Gasteiger partial charge is 0.155 e. The molecule has 1 aliphatic carbocycles. The standard InChI is InChI=1S/C16H23BrN4/c1-12(13-6-4-2-3-5-7-13)18-8-14-9-20-16-10-19-15(17)11-21(14)16/h9-13,18H,2-8H2,1H3/t12-/m0/s1. The Morgan fingerprint density at radius 2 is 2.00 bits per heavy atom. The number of nitrogens with zero attached hydrogens (tertiary/aromatic N) is 3. The van der Waals surface area contributed by atoms with E-state index in [1.807, 2.05) is 12.4 Å². The SMILES string of the molecule is C[C@H](NCc1cnc2cnc(Br)cn12)C1CCCCCC1. The second kappa shape index (κ2) is 6.88. The molecule has 3 rings (SSSR count). The lowest BCUT2D eigenvalue weighted by atomic mass is 9.93. The van der Waals surface area contributed by atoms with Crippen LogP contribution >= 0.6 is 15.9 Å². The zero-order valence-corrected chi connectivity index (χ0v) is 14.1. The lowest BCUT2D eigenvalue weighted by molar-refractivity contribution is 0.335. The third-order valence-corrected chi connectivity index (χ3v) is 5.06. The van der Waals surface area contributed by atoms with Crippen LogP contribution in [0.15, 0.2) is 23.2 Å². The van der Waals surface area contributed by atoms with Gasteiger partial charge < -0.3 is 5.32 Å². The molecule has 0 radical (unpaired) electrons. The Morgan fingerprint density at radius 3 is 2.76 bits per heavy atom. The van der Waals surface area contributed by atoms with E-state index in [2.05, 4.69) is 42.5 Å². The zero-order chi connectivity index (χ0) is 14.7. The Bertz CT molecular complexity index is 587. The van der Waals surface area contributed by atoms with Crippen molar-refractivity contribution < 1.29 is 0 Å². The van der Waals surface area contributed by atoms with Crippen LogP contribution in [0.1, 0.15) is 51.1 Å². The lowest BCUT2D eigenvalue weighted by Gasteiger charge is -2.23. The van der Waals surface area contributed by atoms with Gasteiger partial charge in [-0.2, -0.15) is 0 Å². The highest BCUT2D eigenvalue weighted by Gasteiger charge is 2.18. The minimum absolute atomic E-state index is 0.568. The first-order valence-corrected chi connectivity index (χ1v) is 8.74. The molecule has 1 aliphatic rings. The summed E-state index contributed by atoms with van der Waals surface area (Å²) in [7, 11) is 0. The summed E-state index contributed by atoms with van der Waals surface area (Å²) in [6, 6.07) is 0.568. The first kappa shape index (κ1) is 15.0. The predicted octanol–water partition coefficient (Wildman–Crippen LogP) is 3.94. The summed E-state index contributed by atoms with van der Waals surface area (Å²) in [5.41, 5.74) is 2.09. The fourth-order valence-electron chi connectivity index (χ4n) is 3.29. The van der Waals surface area contributed by atoms with Gasteiger partial charge in [0.25, 0.3) is 0 Å². The molecular weight excluding hydrogens is 328 g/mol. The third kappa shape index (κ3) is 3.64. The average molecular weight is 351 g/mol. The van der Waals surface area contributed by atoms with E-state index in [-0.39, 0.29) is 0 Å². The van der Waals surface area contributed by atoms with E-state index < -0.39 is 0 Å². The van der Waals surface area contributed by atoms with Crippen molar-refractivity contribution in [2.45, 2.75) is 58.0 Å². The van der Waals surface area contributed by atoms with E-state index in [0.717, 1.165) is 22.7 Å². The summed E-state index contributed by atoms with van der Waals surface area (Å²) in [5.74, 6) is 0.820. The second-order valence-corrected chi connectivity index (χ2v) is 6.92. The molecule has 21 heavy (non-hydrogen) atoms. The molecule has 1 atom stereocenters. The fraction of sp³-hybridized carbons (Fsp3) is 0.625.